The predicted molar refractivity (Wildman–Crippen MR) is 61.6 cm³/mol. The van der Waals surface area contributed by atoms with Gasteiger partial charge in [-0.2, -0.15) is 0 Å². The summed E-state index contributed by atoms with van der Waals surface area (Å²) < 4.78 is 4.96. The van der Waals surface area contributed by atoms with Crippen LogP contribution in [-0.2, 0) is 9.53 Å². The zero-order valence-electron chi connectivity index (χ0n) is 10.2. The van der Waals surface area contributed by atoms with Crippen molar-refractivity contribution in [2.75, 3.05) is 33.4 Å². The maximum atomic E-state index is 11.8. The van der Waals surface area contributed by atoms with Gasteiger partial charge < -0.3 is 15.4 Å². The van der Waals surface area contributed by atoms with Crippen molar-refractivity contribution in [1.82, 2.24) is 4.90 Å². The number of hydrogen-bond acceptors (Lipinski definition) is 3. The highest BCUT2D eigenvalue weighted by Crippen LogP contribution is 2.08. The van der Waals surface area contributed by atoms with E-state index in [0.717, 1.165) is 13.0 Å². The number of amides is 1. The van der Waals surface area contributed by atoms with Crippen LogP contribution < -0.4 is 5.73 Å². The minimum absolute atomic E-state index is 0.187. The lowest BCUT2D eigenvalue weighted by Crippen LogP contribution is -2.35. The van der Waals surface area contributed by atoms with Crippen molar-refractivity contribution in [3.05, 3.63) is 0 Å². The summed E-state index contributed by atoms with van der Waals surface area (Å²) in [6, 6.07) is 0. The fourth-order valence-corrected chi connectivity index (χ4v) is 1.43. The van der Waals surface area contributed by atoms with E-state index in [2.05, 4.69) is 6.92 Å². The average molecular weight is 216 g/mol. The Morgan fingerprint density at radius 2 is 2.13 bits per heavy atom. The molecule has 90 valence electrons. The quantitative estimate of drug-likeness (QED) is 0.654. The van der Waals surface area contributed by atoms with E-state index < -0.39 is 0 Å². The molecule has 0 aliphatic carbocycles. The normalized spacial score (nSPS) is 12.5. The van der Waals surface area contributed by atoms with Crippen molar-refractivity contribution in [2.45, 2.75) is 26.7 Å². The topological polar surface area (TPSA) is 55.6 Å². The van der Waals surface area contributed by atoms with E-state index in [0.29, 0.717) is 32.0 Å². The summed E-state index contributed by atoms with van der Waals surface area (Å²) in [7, 11) is 1.65. The van der Waals surface area contributed by atoms with Crippen LogP contribution in [0.3, 0.4) is 0 Å². The molecular weight excluding hydrogens is 192 g/mol. The zero-order valence-corrected chi connectivity index (χ0v) is 10.2. The van der Waals surface area contributed by atoms with Gasteiger partial charge in [-0.1, -0.05) is 13.3 Å². The van der Waals surface area contributed by atoms with Crippen molar-refractivity contribution in [2.24, 2.45) is 11.7 Å². The molecule has 0 rings (SSSR count). The highest BCUT2D eigenvalue weighted by Gasteiger charge is 2.15. The van der Waals surface area contributed by atoms with E-state index in [-0.39, 0.29) is 5.91 Å². The number of ether oxygens (including phenoxy) is 1. The van der Waals surface area contributed by atoms with E-state index in [1.165, 1.54) is 0 Å². The maximum Gasteiger partial charge on any atom is 0.222 e. The summed E-state index contributed by atoms with van der Waals surface area (Å²) in [5.74, 6) is 0.501. The number of rotatable bonds is 8. The molecule has 0 aliphatic heterocycles. The largest absolute Gasteiger partial charge is 0.383 e. The van der Waals surface area contributed by atoms with Crippen LogP contribution in [0.1, 0.15) is 26.7 Å². The third-order valence-electron chi connectivity index (χ3n) is 2.67. The predicted octanol–water partition coefficient (Wildman–Crippen LogP) is 0.856. The van der Waals surface area contributed by atoms with Crippen LogP contribution in [0.15, 0.2) is 0 Å². The minimum Gasteiger partial charge on any atom is -0.383 e. The van der Waals surface area contributed by atoms with Gasteiger partial charge in [0.1, 0.15) is 0 Å². The van der Waals surface area contributed by atoms with Crippen molar-refractivity contribution < 1.29 is 9.53 Å². The minimum atomic E-state index is 0.187. The Balaban J connectivity index is 4.02. The number of carbonyl (C=O) groups is 1. The third-order valence-corrected chi connectivity index (χ3v) is 2.67. The Labute approximate surface area is 92.8 Å². The molecule has 0 aromatic carbocycles. The van der Waals surface area contributed by atoms with Gasteiger partial charge in [-0.25, -0.2) is 0 Å². The fourth-order valence-electron chi connectivity index (χ4n) is 1.43. The molecular formula is C11H24N2O2. The second-order valence-corrected chi connectivity index (χ2v) is 3.68. The molecule has 1 atom stereocenters. The zero-order chi connectivity index (χ0) is 11.7. The van der Waals surface area contributed by atoms with Crippen LogP contribution in [0, 0.1) is 5.92 Å². The standard InChI is InChI=1S/C11H24N2O2/c1-4-10(9-12)8-11(14)13(5-2)6-7-15-3/h10H,4-9,12H2,1-3H3. The SMILES string of the molecule is CCC(CN)CC(=O)N(CC)CCOC. The van der Waals surface area contributed by atoms with Gasteiger partial charge in [0.15, 0.2) is 0 Å². The van der Waals surface area contributed by atoms with E-state index in [4.69, 9.17) is 10.5 Å². The number of methoxy groups -OCH3 is 1. The Morgan fingerprint density at radius 1 is 1.47 bits per heavy atom. The fraction of sp³-hybridized carbons (Fsp3) is 0.909. The molecule has 1 unspecified atom stereocenters. The highest BCUT2D eigenvalue weighted by atomic mass is 16.5. The van der Waals surface area contributed by atoms with E-state index >= 15 is 0 Å². The average Bonchev–Trinajstić information content (AvgIpc) is 2.26. The lowest BCUT2D eigenvalue weighted by atomic mass is 10.0. The molecule has 4 heteroatoms. The lowest BCUT2D eigenvalue weighted by Gasteiger charge is -2.22. The maximum absolute atomic E-state index is 11.8. The van der Waals surface area contributed by atoms with Crippen LogP contribution in [0.5, 0.6) is 0 Å². The number of nitrogens with zero attached hydrogens (tertiary/aromatic N) is 1. The smallest absolute Gasteiger partial charge is 0.222 e. The second-order valence-electron chi connectivity index (χ2n) is 3.68. The summed E-state index contributed by atoms with van der Waals surface area (Å²) in [6.07, 6.45) is 1.52. The lowest BCUT2D eigenvalue weighted by molar-refractivity contribution is -0.132. The second kappa shape index (κ2) is 8.68. The van der Waals surface area contributed by atoms with Gasteiger partial charge in [0.25, 0.3) is 0 Å². The number of carbonyl (C=O) groups excluding carboxylic acids is 1. The van der Waals surface area contributed by atoms with Crippen LogP contribution in [-0.4, -0.2) is 44.2 Å². The van der Waals surface area contributed by atoms with Crippen LogP contribution in [0.2, 0.25) is 0 Å². The van der Waals surface area contributed by atoms with Gasteiger partial charge in [-0.3, -0.25) is 4.79 Å². The monoisotopic (exact) mass is 216 g/mol. The number of nitrogens with two attached hydrogens (primary N) is 1. The molecule has 1 amide bonds. The van der Waals surface area contributed by atoms with Gasteiger partial charge in [-0.05, 0) is 19.4 Å². The summed E-state index contributed by atoms with van der Waals surface area (Å²) in [4.78, 5) is 13.6. The van der Waals surface area contributed by atoms with Crippen molar-refractivity contribution >= 4 is 5.91 Å². The van der Waals surface area contributed by atoms with Crippen molar-refractivity contribution in [3.63, 3.8) is 0 Å². The van der Waals surface area contributed by atoms with Crippen LogP contribution in [0.4, 0.5) is 0 Å². The Bertz CT molecular complexity index is 170. The van der Waals surface area contributed by atoms with E-state index in [9.17, 15) is 4.79 Å². The molecule has 0 aromatic heterocycles. The van der Waals surface area contributed by atoms with Gasteiger partial charge in [0.2, 0.25) is 5.91 Å². The summed E-state index contributed by atoms with van der Waals surface area (Å²) in [5, 5.41) is 0. The van der Waals surface area contributed by atoms with Crippen molar-refractivity contribution in [3.8, 4) is 0 Å². The van der Waals surface area contributed by atoms with Gasteiger partial charge in [0.05, 0.1) is 6.61 Å². The Hall–Kier alpha value is -0.610. The van der Waals surface area contributed by atoms with Gasteiger partial charge >= 0.3 is 0 Å². The molecule has 0 heterocycles. The molecule has 0 fully saturated rings. The molecule has 0 aliphatic rings. The Kier molecular flexibility index (Phi) is 8.33. The molecule has 15 heavy (non-hydrogen) atoms. The molecule has 0 spiro atoms. The molecule has 0 saturated heterocycles. The highest BCUT2D eigenvalue weighted by molar-refractivity contribution is 5.76. The van der Waals surface area contributed by atoms with Gasteiger partial charge in [-0.15, -0.1) is 0 Å². The molecule has 2 N–H and O–H groups in total. The van der Waals surface area contributed by atoms with E-state index in [1.807, 2.05) is 11.8 Å². The number of likely N-dealkylation sites (N-methyl/N-ethyl adjacent to an activating group) is 1. The summed E-state index contributed by atoms with van der Waals surface area (Å²) in [6.45, 7) is 6.65. The summed E-state index contributed by atoms with van der Waals surface area (Å²) >= 11 is 0. The van der Waals surface area contributed by atoms with E-state index in [1.54, 1.807) is 7.11 Å². The molecule has 0 aromatic rings. The first-order chi connectivity index (χ1) is 7.19. The van der Waals surface area contributed by atoms with Crippen LogP contribution >= 0.6 is 0 Å². The first-order valence-electron chi connectivity index (χ1n) is 5.66. The first-order valence-corrected chi connectivity index (χ1v) is 5.66. The van der Waals surface area contributed by atoms with Gasteiger partial charge in [0, 0.05) is 26.6 Å². The summed E-state index contributed by atoms with van der Waals surface area (Å²) in [5.41, 5.74) is 5.58. The molecule has 0 radical (unpaired) electrons. The number of hydrogen-bond donors (Lipinski definition) is 1. The Morgan fingerprint density at radius 3 is 2.53 bits per heavy atom. The third kappa shape index (κ3) is 5.74. The van der Waals surface area contributed by atoms with Crippen LogP contribution in [0.25, 0.3) is 0 Å². The molecule has 0 saturated carbocycles. The molecule has 4 nitrogen and oxygen atoms in total. The van der Waals surface area contributed by atoms with Crippen molar-refractivity contribution in [1.29, 1.82) is 0 Å². The first kappa shape index (κ1) is 14.4. The molecule has 0 bridgehead atoms.